The Kier molecular flexibility index (Phi) is 4.43. The standard InChI is InChI=1S/C11H23NO4P/c1-6-15-17(14,16-7-2)11(5)9-8-10(3,4)12(11)13/h6-9H2,1-5H3. The Hall–Kier alpha value is 0.0700. The van der Waals surface area contributed by atoms with Crippen molar-refractivity contribution in [3.63, 3.8) is 0 Å². The maximum atomic E-state index is 12.7. The fourth-order valence-electron chi connectivity index (χ4n) is 2.30. The van der Waals surface area contributed by atoms with Crippen molar-refractivity contribution in [3.05, 3.63) is 0 Å². The fourth-order valence-corrected chi connectivity index (χ4v) is 4.49. The Morgan fingerprint density at radius 2 is 1.59 bits per heavy atom. The van der Waals surface area contributed by atoms with Gasteiger partial charge in [-0.3, -0.25) is 4.57 Å². The van der Waals surface area contributed by atoms with Crippen LogP contribution in [0.4, 0.5) is 0 Å². The molecular weight excluding hydrogens is 241 g/mol. The normalized spacial score (nSPS) is 29.8. The lowest BCUT2D eigenvalue weighted by molar-refractivity contribution is -0.232. The van der Waals surface area contributed by atoms with Gasteiger partial charge >= 0.3 is 7.60 Å². The number of hydroxylamine groups is 2. The predicted octanol–water partition coefficient (Wildman–Crippen LogP) is 3.19. The summed E-state index contributed by atoms with van der Waals surface area (Å²) in [4.78, 5) is 0. The highest BCUT2D eigenvalue weighted by atomic mass is 31.2. The average Bonchev–Trinajstić information content (AvgIpc) is 2.45. The molecule has 1 fully saturated rings. The molecule has 0 aliphatic carbocycles. The molecule has 1 atom stereocenters. The zero-order chi connectivity index (χ0) is 13.3. The molecule has 6 heteroatoms. The summed E-state index contributed by atoms with van der Waals surface area (Å²) < 4.78 is 23.4. The van der Waals surface area contributed by atoms with Crippen LogP contribution in [0.5, 0.6) is 0 Å². The van der Waals surface area contributed by atoms with E-state index < -0.39 is 18.4 Å². The smallest absolute Gasteiger partial charge is 0.308 e. The van der Waals surface area contributed by atoms with Crippen molar-refractivity contribution in [2.45, 2.75) is 58.3 Å². The van der Waals surface area contributed by atoms with E-state index in [1.165, 1.54) is 0 Å². The van der Waals surface area contributed by atoms with Gasteiger partial charge in [-0.25, -0.2) is 0 Å². The largest absolute Gasteiger partial charge is 0.352 e. The van der Waals surface area contributed by atoms with Gasteiger partial charge in [0.2, 0.25) is 0 Å². The van der Waals surface area contributed by atoms with Crippen molar-refractivity contribution in [1.82, 2.24) is 5.06 Å². The first-order chi connectivity index (χ1) is 7.73. The summed E-state index contributed by atoms with van der Waals surface area (Å²) in [6.45, 7) is 9.46. The van der Waals surface area contributed by atoms with Gasteiger partial charge in [0, 0.05) is 5.54 Å². The molecule has 1 saturated heterocycles. The minimum atomic E-state index is -3.40. The average molecular weight is 264 g/mol. The van der Waals surface area contributed by atoms with Crippen LogP contribution in [-0.2, 0) is 18.8 Å². The Balaban J connectivity index is 3.06. The van der Waals surface area contributed by atoms with Gasteiger partial charge in [-0.2, -0.15) is 0 Å². The Morgan fingerprint density at radius 3 is 1.88 bits per heavy atom. The number of nitrogens with zero attached hydrogens (tertiary/aromatic N) is 1. The first kappa shape index (κ1) is 15.1. The second kappa shape index (κ2) is 4.98. The number of hydrogen-bond acceptors (Lipinski definition) is 4. The summed E-state index contributed by atoms with van der Waals surface area (Å²) >= 11 is 0. The maximum Gasteiger partial charge on any atom is 0.352 e. The van der Waals surface area contributed by atoms with E-state index >= 15 is 0 Å². The maximum absolute atomic E-state index is 12.7. The highest BCUT2D eigenvalue weighted by molar-refractivity contribution is 7.55. The van der Waals surface area contributed by atoms with Crippen molar-refractivity contribution < 1.29 is 18.8 Å². The van der Waals surface area contributed by atoms with E-state index in [1.54, 1.807) is 20.8 Å². The Morgan fingerprint density at radius 1 is 1.12 bits per heavy atom. The third-order valence-electron chi connectivity index (χ3n) is 3.39. The molecule has 1 unspecified atom stereocenters. The van der Waals surface area contributed by atoms with E-state index in [9.17, 15) is 9.77 Å². The Bertz CT molecular complexity index is 311. The van der Waals surface area contributed by atoms with E-state index in [0.717, 1.165) is 5.06 Å². The summed E-state index contributed by atoms with van der Waals surface area (Å²) in [6, 6.07) is 0. The Labute approximate surface area is 104 Å². The second-order valence-corrected chi connectivity index (χ2v) is 7.63. The van der Waals surface area contributed by atoms with Crippen molar-refractivity contribution in [1.29, 1.82) is 0 Å². The molecule has 0 spiro atoms. The van der Waals surface area contributed by atoms with Crippen LogP contribution in [-0.4, -0.2) is 29.1 Å². The van der Waals surface area contributed by atoms with Crippen molar-refractivity contribution in [2.24, 2.45) is 0 Å². The first-order valence-electron chi connectivity index (χ1n) is 6.10. The van der Waals surface area contributed by atoms with Gasteiger partial charge in [-0.15, -0.1) is 10.3 Å². The lowest BCUT2D eigenvalue weighted by Gasteiger charge is -2.38. The third-order valence-corrected chi connectivity index (χ3v) is 6.17. The van der Waals surface area contributed by atoms with Crippen LogP contribution in [0.1, 0.15) is 47.5 Å². The molecule has 1 heterocycles. The highest BCUT2D eigenvalue weighted by Gasteiger charge is 2.60. The molecule has 0 bridgehead atoms. The van der Waals surface area contributed by atoms with Gasteiger partial charge < -0.3 is 9.05 Å². The highest BCUT2D eigenvalue weighted by Crippen LogP contribution is 2.66. The molecule has 0 N–H and O–H groups in total. The van der Waals surface area contributed by atoms with Crippen LogP contribution in [0.25, 0.3) is 0 Å². The molecule has 0 amide bonds. The minimum Gasteiger partial charge on any atom is -0.308 e. The number of rotatable bonds is 5. The van der Waals surface area contributed by atoms with Gasteiger partial charge in [0.05, 0.1) is 13.2 Å². The van der Waals surface area contributed by atoms with Crippen LogP contribution < -0.4 is 0 Å². The summed E-state index contributed by atoms with van der Waals surface area (Å²) in [5, 5.41) is 12.2. The van der Waals surface area contributed by atoms with E-state index in [-0.39, 0.29) is 13.2 Å². The zero-order valence-electron chi connectivity index (χ0n) is 11.4. The lowest BCUT2D eigenvalue weighted by Crippen LogP contribution is -2.47. The monoisotopic (exact) mass is 264 g/mol. The molecule has 0 aromatic heterocycles. The zero-order valence-corrected chi connectivity index (χ0v) is 12.3. The molecule has 5 nitrogen and oxygen atoms in total. The van der Waals surface area contributed by atoms with E-state index in [2.05, 4.69) is 0 Å². The quantitative estimate of drug-likeness (QED) is 0.715. The van der Waals surface area contributed by atoms with Crippen LogP contribution in [0, 0.1) is 0 Å². The van der Waals surface area contributed by atoms with Gasteiger partial charge in [0.15, 0.2) is 0 Å². The minimum absolute atomic E-state index is 0.279. The SMILES string of the molecule is CCOP(=O)(OCC)C1(C)CCC(C)(C)N1[O]. The van der Waals surface area contributed by atoms with Gasteiger partial charge in [0.25, 0.3) is 0 Å². The van der Waals surface area contributed by atoms with Crippen LogP contribution in [0.2, 0.25) is 0 Å². The molecule has 17 heavy (non-hydrogen) atoms. The predicted molar refractivity (Wildman–Crippen MR) is 65.1 cm³/mol. The molecular formula is C11H23NO4P. The van der Waals surface area contributed by atoms with Crippen LogP contribution >= 0.6 is 7.60 Å². The lowest BCUT2D eigenvalue weighted by atomic mass is 10.0. The molecule has 0 aromatic carbocycles. The topological polar surface area (TPSA) is 58.7 Å². The summed E-state index contributed by atoms with van der Waals surface area (Å²) in [7, 11) is -3.40. The molecule has 1 aliphatic rings. The third kappa shape index (κ3) is 2.45. The first-order valence-corrected chi connectivity index (χ1v) is 7.64. The van der Waals surface area contributed by atoms with Gasteiger partial charge in [-0.1, -0.05) is 0 Å². The second-order valence-electron chi connectivity index (χ2n) is 5.16. The number of hydrogen-bond donors (Lipinski definition) is 0. The van der Waals surface area contributed by atoms with Crippen molar-refractivity contribution in [3.8, 4) is 0 Å². The van der Waals surface area contributed by atoms with Crippen molar-refractivity contribution in [2.75, 3.05) is 13.2 Å². The molecule has 0 aromatic rings. The van der Waals surface area contributed by atoms with Crippen LogP contribution in [0.15, 0.2) is 0 Å². The molecule has 1 radical (unpaired) electrons. The summed E-state index contributed by atoms with van der Waals surface area (Å²) in [5.41, 5.74) is -0.515. The van der Waals surface area contributed by atoms with Crippen molar-refractivity contribution >= 4 is 7.60 Å². The van der Waals surface area contributed by atoms with Gasteiger partial charge in [0.1, 0.15) is 5.28 Å². The van der Waals surface area contributed by atoms with E-state index in [1.807, 2.05) is 13.8 Å². The van der Waals surface area contributed by atoms with Gasteiger partial charge in [-0.05, 0) is 47.5 Å². The fraction of sp³-hybridized carbons (Fsp3) is 1.00. The summed E-state index contributed by atoms with van der Waals surface area (Å²) in [5.74, 6) is 0. The molecule has 0 saturated carbocycles. The molecule has 1 rings (SSSR count). The molecule has 1 aliphatic heterocycles. The van der Waals surface area contributed by atoms with E-state index in [0.29, 0.717) is 12.8 Å². The molecule has 101 valence electrons. The summed E-state index contributed by atoms with van der Waals surface area (Å²) in [6.07, 6.45) is 1.22. The van der Waals surface area contributed by atoms with E-state index in [4.69, 9.17) is 9.05 Å². The van der Waals surface area contributed by atoms with Crippen LogP contribution in [0.3, 0.4) is 0 Å².